The quantitative estimate of drug-likeness (QED) is 0.812. The maximum absolute atomic E-state index is 11.9. The van der Waals surface area contributed by atoms with Crippen LogP contribution in [-0.2, 0) is 11.3 Å². The zero-order chi connectivity index (χ0) is 12.3. The predicted molar refractivity (Wildman–Crippen MR) is 68.8 cm³/mol. The van der Waals surface area contributed by atoms with Gasteiger partial charge in [0.15, 0.2) is 0 Å². The lowest BCUT2D eigenvalue weighted by molar-refractivity contribution is -0.121. The van der Waals surface area contributed by atoms with E-state index in [0.717, 1.165) is 30.9 Å². The molecule has 1 amide bonds. The molecule has 0 radical (unpaired) electrons. The normalized spacial score (nSPS) is 15.7. The Morgan fingerprint density at radius 3 is 2.71 bits per heavy atom. The summed E-state index contributed by atoms with van der Waals surface area (Å²) in [6, 6.07) is 7.96. The van der Waals surface area contributed by atoms with Crippen molar-refractivity contribution in [2.24, 2.45) is 5.92 Å². The second-order valence-corrected chi connectivity index (χ2v) is 4.74. The Hall–Kier alpha value is -1.39. The van der Waals surface area contributed by atoms with Crippen LogP contribution in [0.2, 0.25) is 0 Å². The van der Waals surface area contributed by atoms with Crippen molar-refractivity contribution in [2.45, 2.75) is 6.54 Å². The molecule has 1 fully saturated rings. The fraction of sp³-hybridized carbons (Fsp3) is 0.462. The van der Waals surface area contributed by atoms with Crippen molar-refractivity contribution >= 4 is 11.6 Å². The van der Waals surface area contributed by atoms with Crippen LogP contribution in [0.4, 0.5) is 5.69 Å². The maximum atomic E-state index is 11.9. The Morgan fingerprint density at radius 1 is 1.41 bits per heavy atom. The zero-order valence-corrected chi connectivity index (χ0v) is 10.4. The van der Waals surface area contributed by atoms with Crippen LogP contribution in [-0.4, -0.2) is 38.0 Å². The number of carbonyl (C=O) groups is 1. The van der Waals surface area contributed by atoms with E-state index in [1.807, 2.05) is 32.3 Å². The van der Waals surface area contributed by atoms with Gasteiger partial charge < -0.3 is 15.5 Å². The van der Waals surface area contributed by atoms with Crippen molar-refractivity contribution in [1.82, 2.24) is 10.2 Å². The lowest BCUT2D eigenvalue weighted by Crippen LogP contribution is -2.48. The van der Waals surface area contributed by atoms with Gasteiger partial charge in [0.25, 0.3) is 0 Å². The molecule has 0 atom stereocenters. The summed E-state index contributed by atoms with van der Waals surface area (Å²) in [6.07, 6.45) is 0. The molecular formula is C13H19N3O. The summed E-state index contributed by atoms with van der Waals surface area (Å²) in [5, 5.41) is 6.12. The van der Waals surface area contributed by atoms with Crippen molar-refractivity contribution in [1.29, 1.82) is 0 Å². The molecule has 0 spiro atoms. The monoisotopic (exact) mass is 233 g/mol. The third-order valence-corrected chi connectivity index (χ3v) is 2.91. The highest BCUT2D eigenvalue weighted by atomic mass is 16.2. The topological polar surface area (TPSA) is 44.4 Å². The molecule has 2 N–H and O–H groups in total. The van der Waals surface area contributed by atoms with Gasteiger partial charge in [-0.05, 0) is 25.7 Å². The number of carbonyl (C=O) groups excluding carboxylic acids is 1. The zero-order valence-electron chi connectivity index (χ0n) is 10.4. The smallest absolute Gasteiger partial charge is 0.230 e. The van der Waals surface area contributed by atoms with Gasteiger partial charge in [0.2, 0.25) is 5.91 Å². The van der Waals surface area contributed by atoms with Gasteiger partial charge in [-0.2, -0.15) is 0 Å². The van der Waals surface area contributed by atoms with Gasteiger partial charge in [-0.1, -0.05) is 18.2 Å². The third kappa shape index (κ3) is 3.05. The van der Waals surface area contributed by atoms with Gasteiger partial charge in [-0.25, -0.2) is 0 Å². The average molecular weight is 233 g/mol. The van der Waals surface area contributed by atoms with Gasteiger partial charge in [0.05, 0.1) is 5.92 Å². The van der Waals surface area contributed by atoms with E-state index in [1.54, 1.807) is 0 Å². The van der Waals surface area contributed by atoms with Gasteiger partial charge in [-0.3, -0.25) is 4.79 Å². The molecule has 0 bridgehead atoms. The highest BCUT2D eigenvalue weighted by Crippen LogP contribution is 2.18. The number of hydrogen-bond acceptors (Lipinski definition) is 3. The summed E-state index contributed by atoms with van der Waals surface area (Å²) in [6.45, 7) is 2.42. The second kappa shape index (κ2) is 5.29. The highest BCUT2D eigenvalue weighted by molar-refractivity contribution is 5.94. The van der Waals surface area contributed by atoms with E-state index in [-0.39, 0.29) is 11.8 Å². The standard InChI is InChI=1S/C13H19N3O/c1-16(2)9-10-5-3-4-6-12(10)15-13(17)11-7-14-8-11/h3-6,11,14H,7-9H2,1-2H3,(H,15,17). The van der Waals surface area contributed by atoms with Crippen molar-refractivity contribution in [3.8, 4) is 0 Å². The predicted octanol–water partition coefficient (Wildman–Crippen LogP) is 0.906. The van der Waals surface area contributed by atoms with Crippen LogP contribution in [0.5, 0.6) is 0 Å². The fourth-order valence-corrected chi connectivity index (χ4v) is 1.83. The molecule has 0 unspecified atom stereocenters. The Balaban J connectivity index is 2.05. The van der Waals surface area contributed by atoms with Crippen LogP contribution in [0.25, 0.3) is 0 Å². The van der Waals surface area contributed by atoms with E-state index in [9.17, 15) is 4.79 Å². The minimum Gasteiger partial charge on any atom is -0.325 e. The molecule has 92 valence electrons. The number of rotatable bonds is 4. The van der Waals surface area contributed by atoms with Crippen molar-refractivity contribution in [3.63, 3.8) is 0 Å². The van der Waals surface area contributed by atoms with E-state index >= 15 is 0 Å². The molecule has 17 heavy (non-hydrogen) atoms. The molecule has 1 saturated heterocycles. The van der Waals surface area contributed by atoms with Crippen LogP contribution >= 0.6 is 0 Å². The lowest BCUT2D eigenvalue weighted by atomic mass is 10.0. The second-order valence-electron chi connectivity index (χ2n) is 4.74. The van der Waals surface area contributed by atoms with Crippen LogP contribution in [0.15, 0.2) is 24.3 Å². The summed E-state index contributed by atoms with van der Waals surface area (Å²) >= 11 is 0. The molecule has 2 rings (SSSR count). The molecular weight excluding hydrogens is 214 g/mol. The van der Waals surface area contributed by atoms with Crippen LogP contribution in [0, 0.1) is 5.92 Å². The Kier molecular flexibility index (Phi) is 3.76. The van der Waals surface area contributed by atoms with Gasteiger partial charge in [-0.15, -0.1) is 0 Å². The van der Waals surface area contributed by atoms with Crippen molar-refractivity contribution in [2.75, 3.05) is 32.5 Å². The Morgan fingerprint density at radius 2 is 2.12 bits per heavy atom. The lowest BCUT2D eigenvalue weighted by Gasteiger charge is -2.26. The van der Waals surface area contributed by atoms with Crippen molar-refractivity contribution < 1.29 is 4.79 Å². The van der Waals surface area contributed by atoms with Crippen LogP contribution in [0.3, 0.4) is 0 Å². The third-order valence-electron chi connectivity index (χ3n) is 2.91. The minimum atomic E-state index is 0.120. The van der Waals surface area contributed by atoms with E-state index in [2.05, 4.69) is 21.6 Å². The Bertz CT molecular complexity index is 399. The van der Waals surface area contributed by atoms with Gasteiger partial charge in [0, 0.05) is 25.3 Å². The number of anilines is 1. The van der Waals surface area contributed by atoms with Crippen LogP contribution < -0.4 is 10.6 Å². The van der Waals surface area contributed by atoms with E-state index in [0.29, 0.717) is 0 Å². The molecule has 0 aromatic heterocycles. The van der Waals surface area contributed by atoms with Crippen molar-refractivity contribution in [3.05, 3.63) is 29.8 Å². The molecule has 1 aromatic rings. The first-order valence-corrected chi connectivity index (χ1v) is 5.91. The number of nitrogens with zero attached hydrogens (tertiary/aromatic N) is 1. The molecule has 1 aliphatic heterocycles. The number of benzene rings is 1. The molecule has 1 aliphatic rings. The summed E-state index contributed by atoms with van der Waals surface area (Å²) in [7, 11) is 4.04. The number of para-hydroxylation sites is 1. The largest absolute Gasteiger partial charge is 0.325 e. The summed E-state index contributed by atoms with van der Waals surface area (Å²) < 4.78 is 0. The molecule has 1 heterocycles. The first-order valence-electron chi connectivity index (χ1n) is 5.91. The number of nitrogens with one attached hydrogen (secondary N) is 2. The molecule has 4 nitrogen and oxygen atoms in total. The molecule has 4 heteroatoms. The fourth-order valence-electron chi connectivity index (χ4n) is 1.83. The summed E-state index contributed by atoms with van der Waals surface area (Å²) in [4.78, 5) is 14.0. The maximum Gasteiger partial charge on any atom is 0.230 e. The van der Waals surface area contributed by atoms with Crippen LogP contribution in [0.1, 0.15) is 5.56 Å². The van der Waals surface area contributed by atoms with E-state index in [1.165, 1.54) is 0 Å². The summed E-state index contributed by atoms with van der Waals surface area (Å²) in [5.74, 6) is 0.248. The number of amides is 1. The molecule has 0 saturated carbocycles. The summed E-state index contributed by atoms with van der Waals surface area (Å²) in [5.41, 5.74) is 2.08. The highest BCUT2D eigenvalue weighted by Gasteiger charge is 2.25. The average Bonchev–Trinajstić information content (AvgIpc) is 2.17. The van der Waals surface area contributed by atoms with E-state index in [4.69, 9.17) is 0 Å². The van der Waals surface area contributed by atoms with Gasteiger partial charge >= 0.3 is 0 Å². The first-order chi connectivity index (χ1) is 8.16. The van der Waals surface area contributed by atoms with Gasteiger partial charge in [0.1, 0.15) is 0 Å². The Labute approximate surface area is 102 Å². The van der Waals surface area contributed by atoms with E-state index < -0.39 is 0 Å². The number of hydrogen-bond donors (Lipinski definition) is 2. The minimum absolute atomic E-state index is 0.120. The molecule has 0 aliphatic carbocycles. The SMILES string of the molecule is CN(C)Cc1ccccc1NC(=O)C1CNC1. The molecule has 1 aromatic carbocycles. The first kappa shape index (κ1) is 12.1.